The minimum atomic E-state index is -0.124. The van der Waals surface area contributed by atoms with Crippen molar-refractivity contribution < 1.29 is 0 Å². The summed E-state index contributed by atoms with van der Waals surface area (Å²) in [7, 11) is 0. The predicted octanol–water partition coefficient (Wildman–Crippen LogP) is 4.28. The Morgan fingerprint density at radius 3 is 2.38 bits per heavy atom. The molecular weight excluding hydrogens is 329 g/mol. The molecule has 1 aromatic carbocycles. The number of aromatic nitrogens is 2. The van der Waals surface area contributed by atoms with Crippen molar-refractivity contribution in [2.24, 2.45) is 5.73 Å². The maximum Gasteiger partial charge on any atom is 0.0847 e. The van der Waals surface area contributed by atoms with Crippen LogP contribution in [-0.4, -0.2) is 15.8 Å². The molecule has 0 aliphatic rings. The van der Waals surface area contributed by atoms with Crippen LogP contribution in [0.1, 0.15) is 23.9 Å². The maximum atomic E-state index is 6.31. The van der Waals surface area contributed by atoms with E-state index in [1.807, 2.05) is 36.7 Å². The van der Waals surface area contributed by atoms with Gasteiger partial charge in [0.25, 0.3) is 0 Å². The van der Waals surface area contributed by atoms with E-state index in [4.69, 9.17) is 40.5 Å². The summed E-state index contributed by atoms with van der Waals surface area (Å²) in [6.45, 7) is 4.69. The fraction of sp³-hybridized carbons (Fsp3) is 0.400. The largest absolute Gasteiger partial charge is 0.327 e. The van der Waals surface area contributed by atoms with Crippen molar-refractivity contribution in [2.45, 2.75) is 39.3 Å². The number of hydrogen-bond donors (Lipinski definition) is 1. The molecule has 0 fully saturated rings. The molecule has 0 aliphatic carbocycles. The quantitative estimate of drug-likeness (QED) is 0.878. The van der Waals surface area contributed by atoms with Gasteiger partial charge in [-0.25, -0.2) is 0 Å². The highest BCUT2D eigenvalue weighted by molar-refractivity contribution is 6.36. The van der Waals surface area contributed by atoms with E-state index in [1.165, 1.54) is 0 Å². The summed E-state index contributed by atoms with van der Waals surface area (Å²) < 4.78 is 1.89. The first-order chi connectivity index (χ1) is 9.93. The van der Waals surface area contributed by atoms with Gasteiger partial charge in [0.1, 0.15) is 0 Å². The number of aryl methyl sites for hydroxylation is 2. The third-order valence-corrected chi connectivity index (χ3v) is 4.64. The van der Waals surface area contributed by atoms with Crippen molar-refractivity contribution in [3.05, 3.63) is 50.2 Å². The summed E-state index contributed by atoms with van der Waals surface area (Å²) >= 11 is 18.7. The highest BCUT2D eigenvalue weighted by Crippen LogP contribution is 2.27. The van der Waals surface area contributed by atoms with Crippen molar-refractivity contribution in [1.82, 2.24) is 9.78 Å². The summed E-state index contributed by atoms with van der Waals surface area (Å²) in [6.07, 6.45) is 1.23. The van der Waals surface area contributed by atoms with E-state index in [-0.39, 0.29) is 6.04 Å². The molecule has 3 nitrogen and oxygen atoms in total. The summed E-state index contributed by atoms with van der Waals surface area (Å²) in [5, 5.41) is 6.38. The first-order valence-corrected chi connectivity index (χ1v) is 7.97. The predicted molar refractivity (Wildman–Crippen MR) is 89.5 cm³/mol. The molecule has 0 aliphatic heterocycles. The Bertz CT molecular complexity index is 617. The lowest BCUT2D eigenvalue weighted by Gasteiger charge is -2.15. The molecule has 0 radical (unpaired) electrons. The van der Waals surface area contributed by atoms with Crippen LogP contribution in [0.25, 0.3) is 0 Å². The normalized spacial score (nSPS) is 12.7. The molecule has 0 spiro atoms. The highest BCUT2D eigenvalue weighted by atomic mass is 35.5. The minimum absolute atomic E-state index is 0.124. The second kappa shape index (κ2) is 7.01. The van der Waals surface area contributed by atoms with Crippen LogP contribution >= 0.6 is 34.8 Å². The molecule has 1 heterocycles. The van der Waals surface area contributed by atoms with E-state index in [2.05, 4.69) is 5.10 Å². The molecule has 21 heavy (non-hydrogen) atoms. The van der Waals surface area contributed by atoms with E-state index in [9.17, 15) is 0 Å². The number of benzene rings is 1. The van der Waals surface area contributed by atoms with Crippen molar-refractivity contribution in [2.75, 3.05) is 0 Å². The maximum absolute atomic E-state index is 6.31. The monoisotopic (exact) mass is 345 g/mol. The fourth-order valence-electron chi connectivity index (χ4n) is 2.37. The van der Waals surface area contributed by atoms with Crippen LogP contribution in [0.5, 0.6) is 0 Å². The Labute approximate surface area is 140 Å². The number of halogens is 3. The SMILES string of the molecule is CCn1nc(C)c(Cl)c1CC(N)Cc1c(Cl)cccc1Cl. The van der Waals surface area contributed by atoms with Crippen LogP contribution in [0.2, 0.25) is 15.1 Å². The van der Waals surface area contributed by atoms with Crippen molar-refractivity contribution >= 4 is 34.8 Å². The molecule has 0 bridgehead atoms. The smallest absolute Gasteiger partial charge is 0.0847 e. The Morgan fingerprint density at radius 2 is 1.81 bits per heavy atom. The first-order valence-electron chi connectivity index (χ1n) is 6.84. The Balaban J connectivity index is 2.17. The van der Waals surface area contributed by atoms with Crippen molar-refractivity contribution in [1.29, 1.82) is 0 Å². The first kappa shape index (κ1) is 16.6. The number of hydrogen-bond acceptors (Lipinski definition) is 2. The molecule has 1 atom stereocenters. The Hall–Kier alpha value is -0.740. The van der Waals surface area contributed by atoms with Crippen LogP contribution in [0.3, 0.4) is 0 Å². The standard InChI is InChI=1S/C15H18Cl3N3/c1-3-21-14(15(18)9(2)20-21)8-10(19)7-11-12(16)5-4-6-13(11)17/h4-6,10H,3,7-8,19H2,1-2H3. The van der Waals surface area contributed by atoms with Gasteiger partial charge in [0.2, 0.25) is 0 Å². The molecule has 6 heteroatoms. The summed E-state index contributed by atoms with van der Waals surface area (Å²) in [6, 6.07) is 5.35. The van der Waals surface area contributed by atoms with Crippen LogP contribution in [0, 0.1) is 6.92 Å². The number of nitrogens with zero attached hydrogens (tertiary/aromatic N) is 2. The highest BCUT2D eigenvalue weighted by Gasteiger charge is 2.17. The third kappa shape index (κ3) is 3.72. The van der Waals surface area contributed by atoms with Gasteiger partial charge in [0.15, 0.2) is 0 Å². The molecular formula is C15H18Cl3N3. The van der Waals surface area contributed by atoms with Crippen LogP contribution in [-0.2, 0) is 19.4 Å². The minimum Gasteiger partial charge on any atom is -0.327 e. The van der Waals surface area contributed by atoms with E-state index >= 15 is 0 Å². The van der Waals surface area contributed by atoms with Gasteiger partial charge in [-0.15, -0.1) is 0 Å². The summed E-state index contributed by atoms with van der Waals surface area (Å²) in [5.74, 6) is 0. The fourth-order valence-corrected chi connectivity index (χ4v) is 3.14. The topological polar surface area (TPSA) is 43.8 Å². The van der Waals surface area contributed by atoms with E-state index in [1.54, 1.807) is 0 Å². The lowest BCUT2D eigenvalue weighted by atomic mass is 10.0. The van der Waals surface area contributed by atoms with Crippen LogP contribution in [0.4, 0.5) is 0 Å². The number of nitrogens with two attached hydrogens (primary N) is 1. The van der Waals surface area contributed by atoms with Gasteiger partial charge in [-0.3, -0.25) is 4.68 Å². The average Bonchev–Trinajstić information content (AvgIpc) is 2.71. The molecule has 2 aromatic rings. The second-order valence-electron chi connectivity index (χ2n) is 5.03. The van der Waals surface area contributed by atoms with Gasteiger partial charge in [-0.1, -0.05) is 40.9 Å². The molecule has 0 saturated heterocycles. The lowest BCUT2D eigenvalue weighted by molar-refractivity contribution is 0.574. The Kier molecular flexibility index (Phi) is 5.55. The van der Waals surface area contributed by atoms with Gasteiger partial charge in [0, 0.05) is 29.1 Å². The molecule has 1 aromatic heterocycles. The molecule has 2 rings (SSSR count). The average molecular weight is 347 g/mol. The van der Waals surface area contributed by atoms with Gasteiger partial charge in [-0.05, 0) is 38.0 Å². The zero-order chi connectivity index (χ0) is 15.6. The van der Waals surface area contributed by atoms with Crippen LogP contribution < -0.4 is 5.73 Å². The van der Waals surface area contributed by atoms with Gasteiger partial charge < -0.3 is 5.73 Å². The van der Waals surface area contributed by atoms with Gasteiger partial charge in [0.05, 0.1) is 16.4 Å². The lowest BCUT2D eigenvalue weighted by Crippen LogP contribution is -2.27. The van der Waals surface area contributed by atoms with E-state index in [0.29, 0.717) is 27.9 Å². The number of rotatable bonds is 5. The van der Waals surface area contributed by atoms with E-state index < -0.39 is 0 Å². The molecule has 1 unspecified atom stereocenters. The van der Waals surface area contributed by atoms with Crippen molar-refractivity contribution in [3.8, 4) is 0 Å². The zero-order valence-electron chi connectivity index (χ0n) is 12.0. The van der Waals surface area contributed by atoms with Crippen molar-refractivity contribution in [3.63, 3.8) is 0 Å². The van der Waals surface area contributed by atoms with Gasteiger partial charge >= 0.3 is 0 Å². The van der Waals surface area contributed by atoms with E-state index in [0.717, 1.165) is 23.5 Å². The molecule has 0 amide bonds. The Morgan fingerprint density at radius 1 is 1.19 bits per heavy atom. The zero-order valence-corrected chi connectivity index (χ0v) is 14.3. The third-order valence-electron chi connectivity index (χ3n) is 3.44. The molecule has 2 N–H and O–H groups in total. The molecule has 114 valence electrons. The van der Waals surface area contributed by atoms with Gasteiger partial charge in [-0.2, -0.15) is 5.10 Å². The second-order valence-corrected chi connectivity index (χ2v) is 6.22. The summed E-state index contributed by atoms with van der Waals surface area (Å²) in [5.41, 5.74) is 8.93. The summed E-state index contributed by atoms with van der Waals surface area (Å²) in [4.78, 5) is 0. The van der Waals surface area contributed by atoms with Crippen LogP contribution in [0.15, 0.2) is 18.2 Å². The molecule has 0 saturated carbocycles.